The van der Waals surface area contributed by atoms with Crippen LogP contribution < -0.4 is 0 Å². The van der Waals surface area contributed by atoms with Gasteiger partial charge in [-0.2, -0.15) is 0 Å². The molecule has 0 unspecified atom stereocenters. The molecule has 0 spiro atoms. The highest BCUT2D eigenvalue weighted by Crippen LogP contribution is 2.58. The third-order valence-electron chi connectivity index (χ3n) is 11.5. The fraction of sp³-hybridized carbons (Fsp3) is 0.0159. The second-order valence-corrected chi connectivity index (χ2v) is 14.6. The van der Waals surface area contributed by atoms with Gasteiger partial charge in [-0.15, -0.1) is 0 Å². The van der Waals surface area contributed by atoms with E-state index in [0.717, 1.165) is 6.07 Å². The summed E-state index contributed by atoms with van der Waals surface area (Å²) in [6.45, 7) is 0. The Labute approximate surface area is 417 Å². The lowest BCUT2D eigenvalue weighted by Crippen LogP contribution is -2.28. The maximum Gasteiger partial charge on any atom is 0.0713 e. The van der Waals surface area contributed by atoms with Gasteiger partial charge in [-0.05, 0) is 150 Å². The monoisotopic (exact) mass is 832 g/mol. The van der Waals surface area contributed by atoms with Crippen molar-refractivity contribution in [2.75, 3.05) is 0 Å². The van der Waals surface area contributed by atoms with E-state index in [1.54, 1.807) is 0 Å². The molecule has 0 bridgehead atoms. The molecule has 0 saturated carbocycles. The largest absolute Gasteiger partial charge is 0.0713 e. The smallest absolute Gasteiger partial charge is 0.0622 e. The lowest BCUT2D eigenvalue weighted by molar-refractivity contribution is 0.769. The normalized spacial score (nSPS) is 21.4. The van der Waals surface area contributed by atoms with Crippen molar-refractivity contribution in [3.8, 4) is 44.5 Å². The second-order valence-electron chi connectivity index (χ2n) is 14.6. The highest BCUT2D eigenvalue weighted by molar-refractivity contribution is 6.26. The first-order valence-electron chi connectivity index (χ1n) is 37.6. The third kappa shape index (κ3) is 4.81. The van der Waals surface area contributed by atoms with Crippen molar-refractivity contribution in [3.63, 3.8) is 0 Å². The molecule has 0 aromatic heterocycles. The number of benzene rings is 13. The van der Waals surface area contributed by atoms with Crippen LogP contribution >= 0.6 is 0 Å². The van der Waals surface area contributed by atoms with Crippen molar-refractivity contribution in [2.24, 2.45) is 0 Å². The SMILES string of the molecule is [2H]c1cc2c(c([2H])c1-c1c([2H])c([2H])c([2H])c(-c3c([2H])c([2H])c4c([2H])c([2H])c5c([2H])c([2H])c([2H])c6c([2H])c([2H])c3c4c56)c1[2H])C(c1c([2H])c([2H])c([2H])c([2H])c1[2H])(c1c([2H])c([2H])c([2H])c([2H])c1[2H])c1c([2H])c(-c3c([2H])c([2H])c4c([2H])c([2H])c5c([2H])c([2H])c([2H])c6c([2H])c([2H])c3c4c56)c([2H])c([2H])c1-2. The summed E-state index contributed by atoms with van der Waals surface area (Å²) in [6, 6.07) is -37.9. The van der Waals surface area contributed by atoms with Crippen LogP contribution in [-0.2, 0) is 5.41 Å². The standard InChI is InChI=1S/C63H38/c1-3-16-49(17-4-1)63(50-18-5-2-6-19-50)57-37-46(45-14-9-15-47(36-45)51-30-24-43-22-20-39-10-7-12-41-26-34-55(51)61(43)59(39)41)28-32-53(57)54-33-29-48(38-58(54)63)52-31-25-44-23-21-40-11-8-13-42-27-35-56(52)62(44)60(40)42/h1-38H/i1D,2D,3D,4D,5D,6D,7D,8D,9D,10D,11D,12D,13D,14D,15D,16D,17D,18D,19D,20D,21D,22D,23D,24D,25D,26D,27D,28D,29D,30D,31D,33D,34D,35D,36D,37D,38D. The molecule has 0 aliphatic heterocycles. The minimum Gasteiger partial charge on any atom is -0.0622 e. The summed E-state index contributed by atoms with van der Waals surface area (Å²) in [6.07, 6.45) is 0. The predicted octanol–water partition coefficient (Wildman–Crippen LogP) is 16.8. The molecule has 0 fully saturated rings. The highest BCUT2D eigenvalue weighted by atomic mass is 14.5. The van der Waals surface area contributed by atoms with E-state index in [-0.39, 0.29) is 5.39 Å². The summed E-state index contributed by atoms with van der Waals surface area (Å²) in [7, 11) is 0. The van der Waals surface area contributed by atoms with Gasteiger partial charge in [0.1, 0.15) is 0 Å². The Bertz CT molecular complexity index is 5990. The van der Waals surface area contributed by atoms with Crippen LogP contribution in [0.5, 0.6) is 0 Å². The van der Waals surface area contributed by atoms with Crippen molar-refractivity contribution >= 4 is 64.6 Å². The van der Waals surface area contributed by atoms with E-state index in [9.17, 15) is 35.6 Å². The van der Waals surface area contributed by atoms with Gasteiger partial charge in [-0.25, -0.2) is 0 Å². The summed E-state index contributed by atoms with van der Waals surface area (Å²) in [5, 5.41) is -6.19. The fourth-order valence-electron chi connectivity index (χ4n) is 8.81. The average Bonchev–Trinajstić information content (AvgIpc) is 1.39. The number of rotatable bonds is 5. The van der Waals surface area contributed by atoms with Crippen molar-refractivity contribution in [3.05, 3.63) is 252 Å². The Morgan fingerprint density at radius 1 is 0.270 bits per heavy atom. The van der Waals surface area contributed by atoms with Crippen LogP contribution in [0.2, 0.25) is 0 Å². The van der Waals surface area contributed by atoms with Gasteiger partial charge in [-0.3, -0.25) is 0 Å². The molecule has 0 nitrogen and oxygen atoms in total. The van der Waals surface area contributed by atoms with Crippen LogP contribution in [0.1, 0.15) is 73.0 Å². The second kappa shape index (κ2) is 13.0. The molecule has 14 rings (SSSR count). The summed E-state index contributed by atoms with van der Waals surface area (Å²) >= 11 is 0. The van der Waals surface area contributed by atoms with E-state index in [2.05, 4.69) is 0 Å². The molecule has 0 saturated heterocycles. The summed E-state index contributed by atoms with van der Waals surface area (Å²) in [4.78, 5) is 0. The Hall–Kier alpha value is -8.06. The van der Waals surface area contributed by atoms with E-state index < -0.39 is 355 Å². The maximum atomic E-state index is 10.7. The zero-order valence-corrected chi connectivity index (χ0v) is 31.6. The van der Waals surface area contributed by atoms with Crippen molar-refractivity contribution in [1.29, 1.82) is 0 Å². The molecule has 0 radical (unpaired) electrons. The molecule has 0 N–H and O–H groups in total. The van der Waals surface area contributed by atoms with Crippen LogP contribution in [0.15, 0.2) is 230 Å². The fourth-order valence-corrected chi connectivity index (χ4v) is 8.81. The molecule has 63 heavy (non-hydrogen) atoms. The first kappa shape index (κ1) is 14.5. The summed E-state index contributed by atoms with van der Waals surface area (Å²) in [5.41, 5.74) is -15.2. The minimum atomic E-state index is -3.52. The van der Waals surface area contributed by atoms with Gasteiger partial charge in [0.15, 0.2) is 0 Å². The van der Waals surface area contributed by atoms with Gasteiger partial charge >= 0.3 is 0 Å². The topological polar surface area (TPSA) is 0 Å². The molecule has 1 aliphatic carbocycles. The Morgan fingerprint density at radius 3 is 1.25 bits per heavy atom. The molecule has 0 amide bonds. The molecule has 1 aliphatic rings. The van der Waals surface area contributed by atoms with Crippen molar-refractivity contribution < 1.29 is 50.7 Å². The third-order valence-corrected chi connectivity index (χ3v) is 11.5. The highest BCUT2D eigenvalue weighted by Gasteiger charge is 2.46. The maximum absolute atomic E-state index is 10.7. The first-order valence-corrected chi connectivity index (χ1v) is 19.1. The van der Waals surface area contributed by atoms with Gasteiger partial charge in [0, 0.05) is 0 Å². The molecule has 0 heteroatoms. The molecular formula is C63H38. The summed E-state index contributed by atoms with van der Waals surface area (Å²) < 4.78 is 349. The average molecular weight is 832 g/mol. The molecule has 13 aromatic carbocycles. The molecule has 13 aromatic rings. The van der Waals surface area contributed by atoms with E-state index in [0.29, 0.717) is 0 Å². The Balaban J connectivity index is 1.21. The zero-order valence-electron chi connectivity index (χ0n) is 68.6. The Kier molecular flexibility index (Phi) is 2.99. The number of hydrogen-bond donors (Lipinski definition) is 0. The van der Waals surface area contributed by atoms with Gasteiger partial charge in [0.25, 0.3) is 0 Å². The first-order chi connectivity index (χ1) is 46.7. The lowest BCUT2D eigenvalue weighted by atomic mass is 9.67. The van der Waals surface area contributed by atoms with Crippen molar-refractivity contribution in [2.45, 2.75) is 5.41 Å². The lowest BCUT2D eigenvalue weighted by Gasteiger charge is -2.34. The van der Waals surface area contributed by atoms with Crippen LogP contribution in [0, 0.1) is 0 Å². The predicted molar refractivity (Wildman–Crippen MR) is 267 cm³/mol. The summed E-state index contributed by atoms with van der Waals surface area (Å²) in [5.74, 6) is 0. The van der Waals surface area contributed by atoms with Crippen molar-refractivity contribution in [1.82, 2.24) is 0 Å². The molecule has 0 heterocycles. The van der Waals surface area contributed by atoms with Gasteiger partial charge in [0.05, 0.1) is 56.1 Å². The molecule has 290 valence electrons. The van der Waals surface area contributed by atoms with Crippen LogP contribution in [0.3, 0.4) is 0 Å². The van der Waals surface area contributed by atoms with E-state index in [4.69, 9.17) is 15.1 Å². The molecule has 0 atom stereocenters. The number of hydrogen-bond acceptors (Lipinski definition) is 0. The Morgan fingerprint density at radius 2 is 0.683 bits per heavy atom. The van der Waals surface area contributed by atoms with E-state index >= 15 is 0 Å². The molecular weight excluding hydrogens is 757 g/mol. The van der Waals surface area contributed by atoms with Crippen LogP contribution in [0.25, 0.3) is 109 Å². The van der Waals surface area contributed by atoms with E-state index in [1.165, 1.54) is 0 Å². The number of fused-ring (bicyclic) bond motifs is 3. The minimum absolute atomic E-state index is 0.370. The van der Waals surface area contributed by atoms with E-state index in [1.807, 2.05) is 0 Å². The van der Waals surface area contributed by atoms with Crippen LogP contribution in [0.4, 0.5) is 0 Å². The van der Waals surface area contributed by atoms with Gasteiger partial charge in [-0.1, -0.05) is 212 Å². The van der Waals surface area contributed by atoms with Gasteiger partial charge < -0.3 is 0 Å². The zero-order chi connectivity index (χ0) is 73.4. The quantitative estimate of drug-likeness (QED) is 0.152. The van der Waals surface area contributed by atoms with Gasteiger partial charge in [0.2, 0.25) is 0 Å². The van der Waals surface area contributed by atoms with Crippen LogP contribution in [-0.4, -0.2) is 0 Å².